The Bertz CT molecular complexity index is 302. The Morgan fingerprint density at radius 3 is 1.74 bits per heavy atom. The van der Waals surface area contributed by atoms with Crippen LogP contribution in [-0.4, -0.2) is 48.1 Å². The highest BCUT2D eigenvalue weighted by Gasteiger charge is 2.50. The fourth-order valence-electron chi connectivity index (χ4n) is 6.04. The molecule has 2 nitrogen and oxygen atoms in total. The molecule has 0 aromatic carbocycles. The van der Waals surface area contributed by atoms with Gasteiger partial charge in [-0.3, -0.25) is 9.80 Å². The minimum Gasteiger partial charge on any atom is -0.298 e. The molecule has 0 spiro atoms. The van der Waals surface area contributed by atoms with Crippen LogP contribution in [0.15, 0.2) is 0 Å². The van der Waals surface area contributed by atoms with E-state index in [2.05, 4.69) is 23.6 Å². The van der Waals surface area contributed by atoms with Crippen molar-refractivity contribution in [1.29, 1.82) is 0 Å². The Balaban J connectivity index is 1.43. The SMILES string of the molecule is CC(C)N1CCN(C2C3CC4CC(C3)CC2C4)CC1. The predicted octanol–water partition coefficient (Wildman–Crippen LogP) is 2.84. The van der Waals surface area contributed by atoms with Gasteiger partial charge in [-0.15, -0.1) is 0 Å². The first kappa shape index (κ1) is 12.6. The lowest BCUT2D eigenvalue weighted by Crippen LogP contribution is -2.60. The summed E-state index contributed by atoms with van der Waals surface area (Å²) in [7, 11) is 0. The van der Waals surface area contributed by atoms with Crippen molar-refractivity contribution in [3.63, 3.8) is 0 Å². The van der Waals surface area contributed by atoms with Crippen molar-refractivity contribution in [1.82, 2.24) is 9.80 Å². The third kappa shape index (κ3) is 2.15. The van der Waals surface area contributed by atoms with Crippen molar-refractivity contribution in [2.45, 2.75) is 58.0 Å². The molecular formula is C17H30N2. The largest absolute Gasteiger partial charge is 0.298 e. The van der Waals surface area contributed by atoms with Crippen LogP contribution in [0.25, 0.3) is 0 Å². The van der Waals surface area contributed by atoms with Crippen LogP contribution in [0.1, 0.15) is 46.0 Å². The van der Waals surface area contributed by atoms with Crippen LogP contribution in [0.4, 0.5) is 0 Å². The van der Waals surface area contributed by atoms with Crippen LogP contribution >= 0.6 is 0 Å². The van der Waals surface area contributed by atoms with Gasteiger partial charge >= 0.3 is 0 Å². The van der Waals surface area contributed by atoms with Crippen LogP contribution in [0, 0.1) is 23.7 Å². The topological polar surface area (TPSA) is 6.48 Å². The van der Waals surface area contributed by atoms with Gasteiger partial charge in [-0.1, -0.05) is 0 Å². The Morgan fingerprint density at radius 1 is 0.737 bits per heavy atom. The van der Waals surface area contributed by atoms with E-state index in [1.165, 1.54) is 26.2 Å². The molecule has 0 N–H and O–H groups in total. The number of rotatable bonds is 2. The van der Waals surface area contributed by atoms with Crippen molar-refractivity contribution >= 4 is 0 Å². The molecule has 1 saturated heterocycles. The summed E-state index contributed by atoms with van der Waals surface area (Å²) >= 11 is 0. The lowest BCUT2D eigenvalue weighted by atomic mass is 9.54. The first-order valence-electron chi connectivity index (χ1n) is 8.69. The second-order valence-corrected chi connectivity index (χ2v) is 8.09. The summed E-state index contributed by atoms with van der Waals surface area (Å²) in [5.41, 5.74) is 0. The van der Waals surface area contributed by atoms with Crippen molar-refractivity contribution in [2.75, 3.05) is 26.2 Å². The maximum absolute atomic E-state index is 2.89. The molecule has 19 heavy (non-hydrogen) atoms. The van der Waals surface area contributed by atoms with Gasteiger partial charge in [-0.05, 0) is 69.6 Å². The van der Waals surface area contributed by atoms with Gasteiger partial charge in [0.15, 0.2) is 0 Å². The molecule has 4 saturated carbocycles. The third-order valence-corrected chi connectivity index (χ3v) is 6.68. The lowest BCUT2D eigenvalue weighted by molar-refractivity contribution is -0.0781. The fraction of sp³-hybridized carbons (Fsp3) is 1.00. The maximum Gasteiger partial charge on any atom is 0.0153 e. The van der Waals surface area contributed by atoms with E-state index in [9.17, 15) is 0 Å². The van der Waals surface area contributed by atoms with Crippen molar-refractivity contribution in [2.24, 2.45) is 23.7 Å². The third-order valence-electron chi connectivity index (χ3n) is 6.68. The van der Waals surface area contributed by atoms with Crippen molar-refractivity contribution < 1.29 is 0 Å². The van der Waals surface area contributed by atoms with Gasteiger partial charge < -0.3 is 0 Å². The predicted molar refractivity (Wildman–Crippen MR) is 79.1 cm³/mol. The monoisotopic (exact) mass is 262 g/mol. The van der Waals surface area contributed by atoms with Gasteiger partial charge in [0.05, 0.1) is 0 Å². The van der Waals surface area contributed by atoms with E-state index in [1.807, 2.05) is 0 Å². The molecule has 5 aliphatic rings. The molecule has 0 radical (unpaired) electrons. The fourth-order valence-corrected chi connectivity index (χ4v) is 6.04. The van der Waals surface area contributed by atoms with Gasteiger partial charge in [0.25, 0.3) is 0 Å². The zero-order valence-electron chi connectivity index (χ0n) is 12.7. The summed E-state index contributed by atoms with van der Waals surface area (Å²) in [6.45, 7) is 9.98. The van der Waals surface area contributed by atoms with E-state index in [0.29, 0.717) is 0 Å². The van der Waals surface area contributed by atoms with E-state index in [4.69, 9.17) is 0 Å². The zero-order chi connectivity index (χ0) is 13.0. The molecule has 5 rings (SSSR count). The Kier molecular flexibility index (Phi) is 3.15. The molecule has 1 aliphatic heterocycles. The summed E-state index contributed by atoms with van der Waals surface area (Å²) < 4.78 is 0. The van der Waals surface area contributed by atoms with Gasteiger partial charge in [-0.2, -0.15) is 0 Å². The normalized spacial score (nSPS) is 47.2. The molecule has 1 heterocycles. The number of hydrogen-bond acceptors (Lipinski definition) is 2. The molecule has 0 amide bonds. The number of nitrogens with zero attached hydrogens (tertiary/aromatic N) is 2. The first-order chi connectivity index (χ1) is 9.20. The smallest absolute Gasteiger partial charge is 0.0153 e. The highest BCUT2D eigenvalue weighted by molar-refractivity contribution is 5.02. The molecule has 4 bridgehead atoms. The molecule has 2 heteroatoms. The molecule has 4 aliphatic carbocycles. The average molecular weight is 262 g/mol. The van der Waals surface area contributed by atoms with Crippen molar-refractivity contribution in [3.05, 3.63) is 0 Å². The second kappa shape index (κ2) is 4.73. The maximum atomic E-state index is 2.89. The molecule has 0 aromatic heterocycles. The summed E-state index contributed by atoms with van der Waals surface area (Å²) in [5.74, 6) is 4.38. The lowest BCUT2D eigenvalue weighted by Gasteiger charge is -2.58. The van der Waals surface area contributed by atoms with Crippen molar-refractivity contribution in [3.8, 4) is 0 Å². The van der Waals surface area contributed by atoms with Gasteiger partial charge in [-0.25, -0.2) is 0 Å². The molecule has 5 fully saturated rings. The Labute approximate surface area is 118 Å². The van der Waals surface area contributed by atoms with Crippen LogP contribution in [0.5, 0.6) is 0 Å². The second-order valence-electron chi connectivity index (χ2n) is 8.09. The van der Waals surface area contributed by atoms with E-state index in [0.717, 1.165) is 35.8 Å². The zero-order valence-corrected chi connectivity index (χ0v) is 12.7. The van der Waals surface area contributed by atoms with Gasteiger partial charge in [0.2, 0.25) is 0 Å². The number of hydrogen-bond donors (Lipinski definition) is 0. The van der Waals surface area contributed by atoms with E-state index < -0.39 is 0 Å². The Hall–Kier alpha value is -0.0800. The van der Waals surface area contributed by atoms with Crippen LogP contribution in [-0.2, 0) is 0 Å². The first-order valence-corrected chi connectivity index (χ1v) is 8.69. The molecule has 0 unspecified atom stereocenters. The Morgan fingerprint density at radius 2 is 1.26 bits per heavy atom. The summed E-state index contributed by atoms with van der Waals surface area (Å²) in [5, 5.41) is 0. The summed E-state index contributed by atoms with van der Waals surface area (Å²) in [6, 6.07) is 1.71. The van der Waals surface area contributed by atoms with Crippen LogP contribution < -0.4 is 0 Å². The number of piperazine rings is 1. The molecule has 0 aromatic rings. The van der Waals surface area contributed by atoms with E-state index in [1.54, 1.807) is 32.1 Å². The van der Waals surface area contributed by atoms with Gasteiger partial charge in [0.1, 0.15) is 0 Å². The molecular weight excluding hydrogens is 232 g/mol. The summed E-state index contributed by atoms with van der Waals surface area (Å²) in [4.78, 5) is 5.55. The van der Waals surface area contributed by atoms with E-state index in [-0.39, 0.29) is 0 Å². The highest BCUT2D eigenvalue weighted by Crippen LogP contribution is 2.55. The molecule has 0 atom stereocenters. The molecule has 108 valence electrons. The highest BCUT2D eigenvalue weighted by atomic mass is 15.3. The van der Waals surface area contributed by atoms with Gasteiger partial charge in [0, 0.05) is 38.3 Å². The minimum absolute atomic E-state index is 0.737. The standard InChI is InChI=1S/C17H30N2/c1-12(2)18-3-5-19(6-4-18)17-15-8-13-7-14(10-15)11-16(17)9-13/h12-17H,3-11H2,1-2H3. The minimum atomic E-state index is 0.737. The van der Waals surface area contributed by atoms with Crippen LogP contribution in [0.3, 0.4) is 0 Å². The average Bonchev–Trinajstić information content (AvgIpc) is 2.38. The summed E-state index contributed by atoms with van der Waals surface area (Å²) in [6.07, 6.45) is 7.87. The quantitative estimate of drug-likeness (QED) is 0.755. The van der Waals surface area contributed by atoms with Crippen LogP contribution in [0.2, 0.25) is 0 Å². The van der Waals surface area contributed by atoms with E-state index >= 15 is 0 Å².